The van der Waals surface area contributed by atoms with Gasteiger partial charge in [0.2, 0.25) is 0 Å². The van der Waals surface area contributed by atoms with Crippen LogP contribution < -0.4 is 4.74 Å². The standard InChI is InChI=1S/C36H42O4S/c1-2-3-4-5-6-7-8-9-18-29-39-30-25-27-33(28-26-30)41(31-19-12-10-13-20-31,32-21-14-11-15-22-32)40-36(38)34-23-16-17-24-35(34)37/h10-17,19-28,37H,2-9,18,29H2,1H3. The van der Waals surface area contributed by atoms with Crippen molar-refractivity contribution >= 4 is 16.3 Å². The van der Waals surface area contributed by atoms with E-state index in [4.69, 9.17) is 8.92 Å². The van der Waals surface area contributed by atoms with Gasteiger partial charge in [0.1, 0.15) is 17.1 Å². The first kappa shape index (κ1) is 30.3. The van der Waals surface area contributed by atoms with Gasteiger partial charge in [0.15, 0.2) is 0 Å². The molecule has 0 aliphatic carbocycles. The first-order valence-corrected chi connectivity index (χ1v) is 16.4. The van der Waals surface area contributed by atoms with Gasteiger partial charge in [-0.25, -0.2) is 4.79 Å². The van der Waals surface area contributed by atoms with Crippen LogP contribution in [-0.4, -0.2) is 17.7 Å². The highest BCUT2D eigenvalue weighted by atomic mass is 32.3. The van der Waals surface area contributed by atoms with E-state index in [1.807, 2.05) is 84.9 Å². The molecule has 0 radical (unpaired) electrons. The van der Waals surface area contributed by atoms with Crippen LogP contribution in [0, 0.1) is 0 Å². The molecule has 0 amide bonds. The maximum atomic E-state index is 13.6. The Hall–Kier alpha value is -3.70. The molecule has 0 bridgehead atoms. The third-order valence-corrected chi connectivity index (χ3v) is 10.4. The number of carbonyl (C=O) groups excluding carboxylic acids is 1. The predicted molar refractivity (Wildman–Crippen MR) is 168 cm³/mol. The number of unbranched alkanes of at least 4 members (excludes halogenated alkanes) is 8. The monoisotopic (exact) mass is 570 g/mol. The van der Waals surface area contributed by atoms with Gasteiger partial charge in [0.05, 0.1) is 6.61 Å². The molecular weight excluding hydrogens is 528 g/mol. The van der Waals surface area contributed by atoms with Gasteiger partial charge in [-0.05, 0) is 77.4 Å². The molecular formula is C36H42O4S. The molecule has 0 fully saturated rings. The van der Waals surface area contributed by atoms with Crippen molar-refractivity contribution in [1.29, 1.82) is 0 Å². The fourth-order valence-corrected chi connectivity index (χ4v) is 7.93. The normalized spacial score (nSPS) is 11.6. The molecule has 4 nitrogen and oxygen atoms in total. The smallest absolute Gasteiger partial charge is 0.353 e. The van der Waals surface area contributed by atoms with Crippen LogP contribution in [0.1, 0.15) is 75.1 Å². The lowest BCUT2D eigenvalue weighted by molar-refractivity contribution is 0.0754. The van der Waals surface area contributed by atoms with E-state index in [2.05, 4.69) is 6.92 Å². The SMILES string of the molecule is CCCCCCCCCCCOc1ccc(S(OC(=O)c2ccccc2O)(c2ccccc2)c2ccccc2)cc1. The molecule has 1 N–H and O–H groups in total. The van der Waals surface area contributed by atoms with E-state index in [1.54, 1.807) is 18.2 Å². The van der Waals surface area contributed by atoms with Crippen molar-refractivity contribution in [3.8, 4) is 11.5 Å². The maximum absolute atomic E-state index is 13.6. The molecule has 0 aliphatic rings. The maximum Gasteiger partial charge on any atom is 0.353 e. The Morgan fingerprint density at radius 3 is 1.66 bits per heavy atom. The van der Waals surface area contributed by atoms with Crippen molar-refractivity contribution in [2.75, 3.05) is 6.61 Å². The van der Waals surface area contributed by atoms with Gasteiger partial charge < -0.3 is 14.0 Å². The Kier molecular flexibility index (Phi) is 11.8. The second-order valence-corrected chi connectivity index (χ2v) is 12.9. The summed E-state index contributed by atoms with van der Waals surface area (Å²) in [5.74, 6) is 0.124. The second kappa shape index (κ2) is 15.9. The fraction of sp³-hybridized carbons (Fsp3) is 0.306. The van der Waals surface area contributed by atoms with Crippen molar-refractivity contribution in [2.24, 2.45) is 0 Å². The predicted octanol–water partition coefficient (Wildman–Crippen LogP) is 10.4. The van der Waals surface area contributed by atoms with Crippen molar-refractivity contribution in [2.45, 2.75) is 79.4 Å². The summed E-state index contributed by atoms with van der Waals surface area (Å²) in [6, 6.07) is 34.1. The summed E-state index contributed by atoms with van der Waals surface area (Å²) in [6.45, 7) is 2.94. The van der Waals surface area contributed by atoms with E-state index in [0.29, 0.717) is 6.61 Å². The van der Waals surface area contributed by atoms with Gasteiger partial charge in [0, 0.05) is 14.7 Å². The van der Waals surface area contributed by atoms with Crippen LogP contribution in [0.5, 0.6) is 11.5 Å². The summed E-state index contributed by atoms with van der Waals surface area (Å²) in [7, 11) is -2.47. The first-order chi connectivity index (χ1) is 20.1. The molecule has 0 aliphatic heterocycles. The highest BCUT2D eigenvalue weighted by Gasteiger charge is 2.36. The number of ether oxygens (including phenoxy) is 1. The summed E-state index contributed by atoms with van der Waals surface area (Å²) in [5.41, 5.74) is 0.136. The third-order valence-electron chi connectivity index (χ3n) is 7.15. The molecule has 216 valence electrons. The molecule has 4 aromatic carbocycles. The number of phenolic OH excluding ortho intramolecular Hbond substituents is 1. The van der Waals surface area contributed by atoms with Gasteiger partial charge in [-0.1, -0.05) is 107 Å². The molecule has 0 saturated heterocycles. The number of benzene rings is 4. The molecule has 0 spiro atoms. The van der Waals surface area contributed by atoms with Crippen molar-refractivity contribution in [3.05, 3.63) is 115 Å². The van der Waals surface area contributed by atoms with Crippen LogP contribution in [0.4, 0.5) is 0 Å². The number of rotatable bonds is 16. The van der Waals surface area contributed by atoms with Gasteiger partial charge in [-0.15, -0.1) is 0 Å². The highest BCUT2D eigenvalue weighted by molar-refractivity contribution is 8.30. The number of para-hydroxylation sites is 1. The largest absolute Gasteiger partial charge is 0.507 e. The van der Waals surface area contributed by atoms with Crippen molar-refractivity contribution in [3.63, 3.8) is 0 Å². The van der Waals surface area contributed by atoms with Gasteiger partial charge in [0.25, 0.3) is 0 Å². The third kappa shape index (κ3) is 8.17. The summed E-state index contributed by atoms with van der Waals surface area (Å²) in [4.78, 5) is 16.2. The van der Waals surface area contributed by atoms with E-state index < -0.39 is 16.3 Å². The van der Waals surface area contributed by atoms with E-state index in [0.717, 1.165) is 26.9 Å². The zero-order valence-electron chi connectivity index (χ0n) is 24.0. The highest BCUT2D eigenvalue weighted by Crippen LogP contribution is 2.69. The molecule has 5 heteroatoms. The lowest BCUT2D eigenvalue weighted by atomic mass is 10.1. The number of hydrogen-bond acceptors (Lipinski definition) is 4. The Balaban J connectivity index is 1.52. The molecule has 0 saturated carbocycles. The second-order valence-electron chi connectivity index (χ2n) is 10.2. The van der Waals surface area contributed by atoms with Crippen LogP contribution in [0.3, 0.4) is 0 Å². The minimum Gasteiger partial charge on any atom is -0.507 e. The van der Waals surface area contributed by atoms with Crippen LogP contribution in [0.2, 0.25) is 0 Å². The van der Waals surface area contributed by atoms with Crippen molar-refractivity contribution < 1.29 is 18.8 Å². The van der Waals surface area contributed by atoms with Crippen molar-refractivity contribution in [1.82, 2.24) is 0 Å². The minimum absolute atomic E-state index is 0.104. The topological polar surface area (TPSA) is 55.8 Å². The summed E-state index contributed by atoms with van der Waals surface area (Å²) < 4.78 is 12.6. The Bertz CT molecular complexity index is 1280. The molecule has 0 heterocycles. The zero-order valence-corrected chi connectivity index (χ0v) is 24.9. The number of hydrogen-bond donors (Lipinski definition) is 1. The molecule has 4 rings (SSSR count). The van der Waals surface area contributed by atoms with E-state index >= 15 is 0 Å². The lowest BCUT2D eigenvalue weighted by Gasteiger charge is -2.39. The summed E-state index contributed by atoms with van der Waals surface area (Å²) in [6.07, 6.45) is 11.5. The molecule has 0 unspecified atom stereocenters. The molecule has 0 atom stereocenters. The summed E-state index contributed by atoms with van der Waals surface area (Å²) >= 11 is 0. The Morgan fingerprint density at radius 2 is 1.10 bits per heavy atom. The number of aromatic hydroxyl groups is 1. The van der Waals surface area contributed by atoms with Gasteiger partial charge in [-0.3, -0.25) is 0 Å². The minimum atomic E-state index is -2.47. The first-order valence-electron chi connectivity index (χ1n) is 14.8. The van der Waals surface area contributed by atoms with Crippen LogP contribution in [0.25, 0.3) is 0 Å². The Morgan fingerprint density at radius 1 is 0.610 bits per heavy atom. The lowest BCUT2D eigenvalue weighted by Crippen LogP contribution is -2.14. The number of carbonyl (C=O) groups is 1. The van der Waals surface area contributed by atoms with E-state index in [1.165, 1.54) is 57.4 Å². The van der Waals surface area contributed by atoms with Crippen LogP contribution in [0.15, 0.2) is 124 Å². The number of phenols is 1. The Labute approximate surface area is 246 Å². The fourth-order valence-electron chi connectivity index (χ4n) is 4.91. The van der Waals surface area contributed by atoms with Crippen LogP contribution in [-0.2, 0) is 4.18 Å². The van der Waals surface area contributed by atoms with Gasteiger partial charge >= 0.3 is 5.97 Å². The molecule has 0 aromatic heterocycles. The van der Waals surface area contributed by atoms with Crippen LogP contribution >= 0.6 is 10.3 Å². The van der Waals surface area contributed by atoms with E-state index in [9.17, 15) is 9.90 Å². The molecule has 41 heavy (non-hydrogen) atoms. The zero-order chi connectivity index (χ0) is 28.8. The van der Waals surface area contributed by atoms with Gasteiger partial charge in [-0.2, -0.15) is 0 Å². The molecule has 4 aromatic rings. The average molecular weight is 571 g/mol. The van der Waals surface area contributed by atoms with E-state index in [-0.39, 0.29) is 11.3 Å². The quantitative estimate of drug-likeness (QED) is 0.136. The summed E-state index contributed by atoms with van der Waals surface area (Å²) in [5, 5.41) is 10.4. The average Bonchev–Trinajstić information content (AvgIpc) is 3.02.